The van der Waals surface area contributed by atoms with Crippen molar-refractivity contribution in [3.05, 3.63) is 0 Å². The normalized spacial score (nSPS) is 13.3. The van der Waals surface area contributed by atoms with Crippen LogP contribution >= 0.6 is 0 Å². The SMILES string of the molecule is CC(C)(C)C(COCCOCCOCCOCCO)C(=O)O. The van der Waals surface area contributed by atoms with E-state index in [0.717, 1.165) is 0 Å². The number of hydrogen-bond donors (Lipinski definition) is 2. The highest BCUT2D eigenvalue weighted by Crippen LogP contribution is 2.26. The Labute approximate surface area is 132 Å². The van der Waals surface area contributed by atoms with Crippen LogP contribution < -0.4 is 0 Å². The van der Waals surface area contributed by atoms with Crippen LogP contribution in [-0.4, -0.2) is 75.6 Å². The molecule has 1 unspecified atom stereocenters. The Morgan fingerprint density at radius 1 is 0.864 bits per heavy atom. The zero-order valence-corrected chi connectivity index (χ0v) is 13.9. The zero-order chi connectivity index (χ0) is 16.8. The van der Waals surface area contributed by atoms with Crippen LogP contribution in [0.5, 0.6) is 0 Å². The Hall–Kier alpha value is -0.730. The van der Waals surface area contributed by atoms with Gasteiger partial charge in [-0.05, 0) is 5.41 Å². The number of aliphatic hydroxyl groups is 1. The maximum absolute atomic E-state index is 11.1. The van der Waals surface area contributed by atoms with Gasteiger partial charge in [-0.2, -0.15) is 0 Å². The van der Waals surface area contributed by atoms with Gasteiger partial charge in [-0.3, -0.25) is 4.79 Å². The Bertz CT molecular complexity index is 276. The van der Waals surface area contributed by atoms with Gasteiger partial charge in [0, 0.05) is 0 Å². The highest BCUT2D eigenvalue weighted by molar-refractivity contribution is 5.71. The van der Waals surface area contributed by atoms with Crippen molar-refractivity contribution < 1.29 is 34.0 Å². The van der Waals surface area contributed by atoms with Crippen molar-refractivity contribution in [3.8, 4) is 0 Å². The monoisotopic (exact) mass is 322 g/mol. The first-order chi connectivity index (χ1) is 10.4. The summed E-state index contributed by atoms with van der Waals surface area (Å²) in [7, 11) is 0. The van der Waals surface area contributed by atoms with Crippen molar-refractivity contribution >= 4 is 5.97 Å². The molecule has 0 bridgehead atoms. The van der Waals surface area contributed by atoms with Crippen LogP contribution in [0.15, 0.2) is 0 Å². The van der Waals surface area contributed by atoms with Gasteiger partial charge in [-0.15, -0.1) is 0 Å². The van der Waals surface area contributed by atoms with Crippen LogP contribution in [0.4, 0.5) is 0 Å². The summed E-state index contributed by atoms with van der Waals surface area (Å²) >= 11 is 0. The lowest BCUT2D eigenvalue weighted by molar-refractivity contribution is -0.148. The molecule has 0 saturated heterocycles. The molecule has 0 aromatic rings. The molecule has 22 heavy (non-hydrogen) atoms. The first-order valence-electron chi connectivity index (χ1n) is 7.54. The van der Waals surface area contributed by atoms with Crippen LogP contribution in [0, 0.1) is 11.3 Å². The predicted octanol–water partition coefficient (Wildman–Crippen LogP) is 0.792. The Kier molecular flexibility index (Phi) is 12.4. The van der Waals surface area contributed by atoms with Crippen molar-refractivity contribution in [2.45, 2.75) is 20.8 Å². The molecule has 0 spiro atoms. The summed E-state index contributed by atoms with van der Waals surface area (Å²) in [5, 5.41) is 17.6. The van der Waals surface area contributed by atoms with Crippen LogP contribution in [0.25, 0.3) is 0 Å². The average molecular weight is 322 g/mol. The van der Waals surface area contributed by atoms with E-state index in [0.29, 0.717) is 46.2 Å². The average Bonchev–Trinajstić information content (AvgIpc) is 2.42. The summed E-state index contributed by atoms with van der Waals surface area (Å²) in [6.07, 6.45) is 0. The van der Waals surface area contributed by atoms with Gasteiger partial charge < -0.3 is 29.2 Å². The molecule has 2 N–H and O–H groups in total. The molecule has 1 atom stereocenters. The van der Waals surface area contributed by atoms with E-state index < -0.39 is 11.9 Å². The number of hydrogen-bond acceptors (Lipinski definition) is 6. The zero-order valence-electron chi connectivity index (χ0n) is 13.9. The van der Waals surface area contributed by atoms with Crippen molar-refractivity contribution in [1.82, 2.24) is 0 Å². The summed E-state index contributed by atoms with van der Waals surface area (Å²) in [4.78, 5) is 11.1. The molecule has 132 valence electrons. The van der Waals surface area contributed by atoms with Crippen LogP contribution in [0.3, 0.4) is 0 Å². The maximum Gasteiger partial charge on any atom is 0.309 e. The minimum Gasteiger partial charge on any atom is -0.481 e. The van der Waals surface area contributed by atoms with Gasteiger partial charge in [0.05, 0.1) is 65.4 Å². The van der Waals surface area contributed by atoms with Gasteiger partial charge >= 0.3 is 5.97 Å². The van der Waals surface area contributed by atoms with Crippen molar-refractivity contribution in [1.29, 1.82) is 0 Å². The Balaban J connectivity index is 3.41. The fourth-order valence-electron chi connectivity index (χ4n) is 1.62. The van der Waals surface area contributed by atoms with E-state index >= 15 is 0 Å². The predicted molar refractivity (Wildman–Crippen MR) is 80.9 cm³/mol. The van der Waals surface area contributed by atoms with E-state index in [2.05, 4.69) is 0 Å². The second-order valence-electron chi connectivity index (χ2n) is 5.89. The molecule has 0 rings (SSSR count). The third-order valence-electron chi connectivity index (χ3n) is 2.98. The summed E-state index contributed by atoms with van der Waals surface area (Å²) in [6.45, 7) is 8.76. The third kappa shape index (κ3) is 11.9. The van der Waals surface area contributed by atoms with Crippen molar-refractivity contribution in [2.24, 2.45) is 11.3 Å². The van der Waals surface area contributed by atoms with E-state index in [9.17, 15) is 4.79 Å². The highest BCUT2D eigenvalue weighted by atomic mass is 16.6. The molecule has 0 aliphatic carbocycles. The number of carboxylic acid groups (broad SMARTS) is 1. The van der Waals surface area contributed by atoms with E-state index in [1.54, 1.807) is 0 Å². The molecule has 0 fully saturated rings. The molecule has 0 amide bonds. The minimum absolute atomic E-state index is 0.0149. The lowest BCUT2D eigenvalue weighted by Gasteiger charge is -2.26. The smallest absolute Gasteiger partial charge is 0.309 e. The summed E-state index contributed by atoms with van der Waals surface area (Å²) in [6, 6.07) is 0. The summed E-state index contributed by atoms with van der Waals surface area (Å²) < 4.78 is 21.0. The second-order valence-corrected chi connectivity index (χ2v) is 5.89. The highest BCUT2D eigenvalue weighted by Gasteiger charge is 2.31. The molecule has 7 heteroatoms. The molecular weight excluding hydrogens is 292 g/mol. The molecule has 0 radical (unpaired) electrons. The van der Waals surface area contributed by atoms with Gasteiger partial charge in [-0.25, -0.2) is 0 Å². The van der Waals surface area contributed by atoms with Crippen molar-refractivity contribution in [2.75, 3.05) is 59.5 Å². The first kappa shape index (κ1) is 21.3. The lowest BCUT2D eigenvalue weighted by Crippen LogP contribution is -2.32. The van der Waals surface area contributed by atoms with Crippen LogP contribution in [0.2, 0.25) is 0 Å². The molecule has 7 nitrogen and oxygen atoms in total. The number of carboxylic acids is 1. The number of rotatable bonds is 14. The molecule has 0 aromatic carbocycles. The maximum atomic E-state index is 11.1. The standard InChI is InChI=1S/C15H30O7/c1-15(2,3)13(14(17)18)12-22-11-10-21-9-8-20-7-6-19-5-4-16/h13,16H,4-12H2,1-3H3,(H,17,18). The molecule has 0 aliphatic heterocycles. The fraction of sp³-hybridized carbons (Fsp3) is 0.933. The number of carbonyl (C=O) groups is 1. The summed E-state index contributed by atoms with van der Waals surface area (Å²) in [5.74, 6) is -1.38. The molecular formula is C15H30O7. The quantitative estimate of drug-likeness (QED) is 0.457. The van der Waals surface area contributed by atoms with E-state index in [-0.39, 0.29) is 18.6 Å². The van der Waals surface area contributed by atoms with E-state index in [4.69, 9.17) is 29.2 Å². The van der Waals surface area contributed by atoms with Crippen molar-refractivity contribution in [3.63, 3.8) is 0 Å². The largest absolute Gasteiger partial charge is 0.481 e. The van der Waals surface area contributed by atoms with Gasteiger partial charge in [-0.1, -0.05) is 20.8 Å². The molecule has 0 heterocycles. The van der Waals surface area contributed by atoms with Crippen LogP contribution in [-0.2, 0) is 23.7 Å². The fourth-order valence-corrected chi connectivity index (χ4v) is 1.62. The van der Waals surface area contributed by atoms with Crippen LogP contribution in [0.1, 0.15) is 20.8 Å². The molecule has 0 aliphatic rings. The Morgan fingerprint density at radius 2 is 1.27 bits per heavy atom. The minimum atomic E-state index is -0.842. The second kappa shape index (κ2) is 12.8. The Morgan fingerprint density at radius 3 is 1.64 bits per heavy atom. The van der Waals surface area contributed by atoms with Gasteiger partial charge in [0.2, 0.25) is 0 Å². The molecule has 0 aromatic heterocycles. The summed E-state index contributed by atoms with van der Waals surface area (Å²) in [5.41, 5.74) is -0.335. The third-order valence-corrected chi connectivity index (χ3v) is 2.98. The van der Waals surface area contributed by atoms with Gasteiger partial charge in [0.1, 0.15) is 0 Å². The van der Waals surface area contributed by atoms with E-state index in [1.165, 1.54) is 0 Å². The van der Waals surface area contributed by atoms with E-state index in [1.807, 2.05) is 20.8 Å². The lowest BCUT2D eigenvalue weighted by atomic mass is 9.81. The topological polar surface area (TPSA) is 94.5 Å². The number of aliphatic hydroxyl groups excluding tert-OH is 1. The first-order valence-corrected chi connectivity index (χ1v) is 7.54. The molecule has 0 saturated carbocycles. The van der Waals surface area contributed by atoms with Gasteiger partial charge in [0.15, 0.2) is 0 Å². The van der Waals surface area contributed by atoms with Gasteiger partial charge in [0.25, 0.3) is 0 Å². The number of aliphatic carboxylic acids is 1. The number of ether oxygens (including phenoxy) is 4.